The van der Waals surface area contributed by atoms with E-state index in [-0.39, 0.29) is 17.0 Å². The molecule has 0 unspecified atom stereocenters. The lowest BCUT2D eigenvalue weighted by atomic mass is 10.3. The van der Waals surface area contributed by atoms with Gasteiger partial charge in [0.1, 0.15) is 11.8 Å². The molecule has 1 aromatic heterocycles. The van der Waals surface area contributed by atoms with Gasteiger partial charge in [0.05, 0.1) is 11.4 Å². The predicted molar refractivity (Wildman–Crippen MR) is 75.7 cm³/mol. The second kappa shape index (κ2) is 4.53. The predicted octanol–water partition coefficient (Wildman–Crippen LogP) is 2.21. The number of nitrogens with two attached hydrogens (primary N) is 1. The lowest BCUT2D eigenvalue weighted by Crippen LogP contribution is -2.14. The molecule has 0 aliphatic carbocycles. The topological polar surface area (TPSA) is 98.2 Å². The van der Waals surface area contributed by atoms with E-state index in [2.05, 4.69) is 9.71 Å². The highest BCUT2D eigenvalue weighted by atomic mass is 32.2. The Labute approximate surface area is 116 Å². The van der Waals surface area contributed by atoms with E-state index in [0.717, 1.165) is 0 Å². The molecule has 20 heavy (non-hydrogen) atoms. The molecule has 2 aromatic carbocycles. The fourth-order valence-corrected chi connectivity index (χ4v) is 2.99. The molecule has 3 N–H and O–H groups in total. The maximum atomic E-state index is 12.3. The zero-order valence-electron chi connectivity index (χ0n) is 11.2. The normalized spacial score (nSPS) is 12.3. The quantitative estimate of drug-likeness (QED) is 0.721. The molecule has 0 spiro atoms. The fourth-order valence-electron chi connectivity index (χ4n) is 1.81. The van der Waals surface area contributed by atoms with Crippen molar-refractivity contribution in [2.75, 3.05) is 10.5 Å². The maximum absolute atomic E-state index is 12.3. The van der Waals surface area contributed by atoms with E-state index < -0.39 is 10.0 Å². The molecule has 0 aliphatic heterocycles. The molecule has 0 saturated carbocycles. The lowest BCUT2D eigenvalue weighted by molar-refractivity contribution is 0.600. The van der Waals surface area contributed by atoms with Crippen molar-refractivity contribution in [3.63, 3.8) is 0 Å². The van der Waals surface area contributed by atoms with Crippen LogP contribution in [0.4, 0.5) is 11.4 Å². The summed E-state index contributed by atoms with van der Waals surface area (Å²) >= 11 is 0. The van der Waals surface area contributed by atoms with Crippen LogP contribution in [0.5, 0.6) is 0 Å². The molecule has 0 saturated heterocycles. The molecule has 7 heteroatoms. The second-order valence-corrected chi connectivity index (χ2v) is 5.78. The summed E-state index contributed by atoms with van der Waals surface area (Å²) in [6.07, 6.45) is -0.225. The first kappa shape index (κ1) is 11.3. The molecule has 0 atom stereocenters. The van der Waals surface area contributed by atoms with E-state index >= 15 is 0 Å². The van der Waals surface area contributed by atoms with Gasteiger partial charge in [-0.3, -0.25) is 4.72 Å². The standard InChI is InChI=1S/C13H11N3O3S/c14-10-3-1-2-4-13(10)20(17,18)16-9-5-6-12-11(7-9)15-8-19-12/h1-8,16H,14H2/i8D. The Morgan fingerprint density at radius 3 is 2.85 bits per heavy atom. The molecule has 102 valence electrons. The van der Waals surface area contributed by atoms with Crippen LogP contribution < -0.4 is 10.5 Å². The van der Waals surface area contributed by atoms with Gasteiger partial charge in [-0.2, -0.15) is 0 Å². The summed E-state index contributed by atoms with van der Waals surface area (Å²) in [7, 11) is -3.79. The average Bonchev–Trinajstić information content (AvgIpc) is 2.78. The van der Waals surface area contributed by atoms with Gasteiger partial charge in [-0.05, 0) is 30.3 Å². The fraction of sp³-hybridized carbons (Fsp3) is 0. The summed E-state index contributed by atoms with van der Waals surface area (Å²) in [5.74, 6) is 0. The monoisotopic (exact) mass is 290 g/mol. The minimum Gasteiger partial charge on any atom is -0.443 e. The Hall–Kier alpha value is -2.54. The number of nitrogen functional groups attached to an aromatic ring is 1. The molecule has 0 bridgehead atoms. The van der Waals surface area contributed by atoms with E-state index in [1.54, 1.807) is 18.2 Å². The van der Waals surface area contributed by atoms with Gasteiger partial charge in [-0.15, -0.1) is 0 Å². The molecule has 1 heterocycles. The molecule has 6 nitrogen and oxygen atoms in total. The first-order valence-electron chi connectivity index (χ1n) is 6.20. The van der Waals surface area contributed by atoms with Crippen LogP contribution >= 0.6 is 0 Å². The third-order valence-corrected chi connectivity index (χ3v) is 4.20. The first-order valence-corrected chi connectivity index (χ1v) is 7.18. The number of nitrogens with zero attached hydrogens (tertiary/aromatic N) is 1. The number of hydrogen-bond acceptors (Lipinski definition) is 5. The van der Waals surface area contributed by atoms with Crippen LogP contribution in [0.3, 0.4) is 0 Å². The van der Waals surface area contributed by atoms with E-state index in [9.17, 15) is 8.42 Å². The van der Waals surface area contributed by atoms with Crippen molar-refractivity contribution in [2.45, 2.75) is 4.90 Å². The number of sulfonamides is 1. The Balaban J connectivity index is 1.99. The van der Waals surface area contributed by atoms with Gasteiger partial charge in [-0.1, -0.05) is 12.1 Å². The van der Waals surface area contributed by atoms with Gasteiger partial charge in [0.2, 0.25) is 0 Å². The number of nitrogens with one attached hydrogen (secondary N) is 1. The second-order valence-electron chi connectivity index (χ2n) is 4.13. The summed E-state index contributed by atoms with van der Waals surface area (Å²) in [4.78, 5) is 3.84. The van der Waals surface area contributed by atoms with Crippen molar-refractivity contribution in [2.24, 2.45) is 0 Å². The number of aromatic nitrogens is 1. The first-order chi connectivity index (χ1) is 9.95. The van der Waals surface area contributed by atoms with Crippen molar-refractivity contribution < 1.29 is 14.2 Å². The third kappa shape index (κ3) is 2.19. The van der Waals surface area contributed by atoms with Gasteiger partial charge >= 0.3 is 0 Å². The third-order valence-electron chi connectivity index (χ3n) is 2.74. The van der Waals surface area contributed by atoms with Gasteiger partial charge in [-0.25, -0.2) is 13.4 Å². The minimum absolute atomic E-state index is 0.00595. The van der Waals surface area contributed by atoms with Crippen LogP contribution in [0.2, 0.25) is 0 Å². The van der Waals surface area contributed by atoms with Gasteiger partial charge < -0.3 is 10.2 Å². The molecule has 3 aromatic rings. The summed E-state index contributed by atoms with van der Waals surface area (Å²) in [5.41, 5.74) is 6.99. The van der Waals surface area contributed by atoms with Crippen LogP contribution in [0, 0.1) is 0 Å². The van der Waals surface area contributed by atoms with Gasteiger partial charge in [0.15, 0.2) is 12.0 Å². The Morgan fingerprint density at radius 2 is 2.05 bits per heavy atom. The number of benzene rings is 2. The highest BCUT2D eigenvalue weighted by Gasteiger charge is 2.17. The Kier molecular flexibility index (Phi) is 2.56. The largest absolute Gasteiger partial charge is 0.443 e. The van der Waals surface area contributed by atoms with Crippen LogP contribution in [0.1, 0.15) is 1.37 Å². The zero-order chi connectivity index (χ0) is 15.0. The van der Waals surface area contributed by atoms with Crippen LogP contribution in [-0.2, 0) is 10.0 Å². The van der Waals surface area contributed by atoms with Gasteiger partial charge in [0.25, 0.3) is 10.0 Å². The van der Waals surface area contributed by atoms with Crippen molar-refractivity contribution >= 4 is 32.5 Å². The van der Waals surface area contributed by atoms with E-state index in [1.165, 1.54) is 24.3 Å². The zero-order valence-corrected chi connectivity index (χ0v) is 11.0. The highest BCUT2D eigenvalue weighted by Crippen LogP contribution is 2.23. The van der Waals surface area contributed by atoms with Crippen LogP contribution in [0.15, 0.2) is 58.1 Å². The SMILES string of the molecule is [2H]c1nc2cc(NS(=O)(=O)c3ccccc3N)ccc2o1. The average molecular weight is 290 g/mol. The summed E-state index contributed by atoms with van der Waals surface area (Å²) in [5, 5.41) is 0. The summed E-state index contributed by atoms with van der Waals surface area (Å²) in [6.45, 7) is 0. The van der Waals surface area contributed by atoms with E-state index in [1.807, 2.05) is 0 Å². The Morgan fingerprint density at radius 1 is 1.25 bits per heavy atom. The van der Waals surface area contributed by atoms with Crippen molar-refractivity contribution in [3.8, 4) is 0 Å². The van der Waals surface area contributed by atoms with E-state index in [0.29, 0.717) is 16.8 Å². The van der Waals surface area contributed by atoms with Crippen molar-refractivity contribution in [3.05, 3.63) is 48.8 Å². The summed E-state index contributed by atoms with van der Waals surface area (Å²) < 4.78 is 39.3. The number of rotatable bonds is 3. The molecule has 3 rings (SSSR count). The number of para-hydroxylation sites is 1. The van der Waals surface area contributed by atoms with Gasteiger partial charge in [0, 0.05) is 0 Å². The van der Waals surface area contributed by atoms with Crippen molar-refractivity contribution in [1.82, 2.24) is 4.98 Å². The summed E-state index contributed by atoms with van der Waals surface area (Å²) in [6, 6.07) is 10.8. The molecular formula is C13H11N3O3S. The smallest absolute Gasteiger partial charge is 0.263 e. The van der Waals surface area contributed by atoms with Crippen molar-refractivity contribution in [1.29, 1.82) is 0 Å². The number of fused-ring (bicyclic) bond motifs is 1. The Bertz CT molecular complexity index is 921. The minimum atomic E-state index is -3.79. The van der Waals surface area contributed by atoms with Crippen LogP contribution in [0.25, 0.3) is 11.1 Å². The molecule has 0 fully saturated rings. The van der Waals surface area contributed by atoms with E-state index in [4.69, 9.17) is 11.5 Å². The molecular weight excluding hydrogens is 278 g/mol. The molecule has 0 aliphatic rings. The lowest BCUT2D eigenvalue weighted by Gasteiger charge is -2.09. The molecule has 0 radical (unpaired) electrons. The number of anilines is 2. The highest BCUT2D eigenvalue weighted by molar-refractivity contribution is 7.92. The number of hydrogen-bond donors (Lipinski definition) is 2. The molecule has 0 amide bonds. The maximum Gasteiger partial charge on any atom is 0.263 e. The number of oxazole rings is 1. The van der Waals surface area contributed by atoms with Crippen LogP contribution in [-0.4, -0.2) is 13.4 Å².